The van der Waals surface area contributed by atoms with Gasteiger partial charge in [-0.15, -0.1) is 0 Å². The lowest BCUT2D eigenvalue weighted by Gasteiger charge is -2.08. The van der Waals surface area contributed by atoms with Crippen LogP contribution in [0.15, 0.2) is 23.1 Å². The smallest absolute Gasteiger partial charge is 0.152 e. The van der Waals surface area contributed by atoms with Crippen molar-refractivity contribution >= 4 is 33.1 Å². The topological polar surface area (TPSA) is 34.9 Å². The quantitative estimate of drug-likeness (QED) is 0.618. The Morgan fingerprint density at radius 2 is 2.27 bits per heavy atom. The van der Waals surface area contributed by atoms with Gasteiger partial charge in [-0.1, -0.05) is 0 Å². The van der Waals surface area contributed by atoms with Crippen molar-refractivity contribution in [1.82, 2.24) is 9.55 Å². The van der Waals surface area contributed by atoms with Gasteiger partial charge in [-0.25, -0.2) is 4.98 Å². The van der Waals surface area contributed by atoms with Crippen LogP contribution in [-0.4, -0.2) is 15.8 Å². The maximum Gasteiger partial charge on any atom is 0.152 e. The molecule has 0 aliphatic carbocycles. The van der Waals surface area contributed by atoms with E-state index in [0.29, 0.717) is 11.6 Å². The van der Waals surface area contributed by atoms with Crippen molar-refractivity contribution in [3.05, 3.63) is 28.6 Å². The van der Waals surface area contributed by atoms with Gasteiger partial charge < -0.3 is 4.57 Å². The van der Waals surface area contributed by atoms with Crippen molar-refractivity contribution in [2.75, 3.05) is 0 Å². The SMILES string of the molecule is CC(C)n1cc(C=O)c2cnc(Br)cc21. The molecule has 0 saturated heterocycles. The molecule has 2 heterocycles. The van der Waals surface area contributed by atoms with E-state index in [0.717, 1.165) is 21.8 Å². The van der Waals surface area contributed by atoms with Gasteiger partial charge in [0.05, 0.1) is 5.52 Å². The molecule has 0 amide bonds. The molecule has 0 aromatic carbocycles. The fourth-order valence-electron chi connectivity index (χ4n) is 1.67. The van der Waals surface area contributed by atoms with Crippen LogP contribution in [0, 0.1) is 0 Å². The second-order valence-electron chi connectivity index (χ2n) is 3.73. The minimum atomic E-state index is 0.329. The number of hydrogen-bond acceptors (Lipinski definition) is 2. The number of rotatable bonds is 2. The van der Waals surface area contributed by atoms with Gasteiger partial charge in [0.2, 0.25) is 0 Å². The van der Waals surface area contributed by atoms with E-state index in [1.807, 2.05) is 12.3 Å². The second-order valence-corrected chi connectivity index (χ2v) is 4.54. The minimum absolute atomic E-state index is 0.329. The molecule has 2 rings (SSSR count). The normalized spacial score (nSPS) is 11.2. The molecule has 3 nitrogen and oxygen atoms in total. The number of carbonyl (C=O) groups excluding carboxylic acids is 1. The summed E-state index contributed by atoms with van der Waals surface area (Å²) in [5.41, 5.74) is 1.73. The van der Waals surface area contributed by atoms with E-state index < -0.39 is 0 Å². The molecule has 0 unspecified atom stereocenters. The molecular weight excluding hydrogens is 256 g/mol. The van der Waals surface area contributed by atoms with E-state index in [9.17, 15) is 4.79 Å². The molecule has 0 saturated carbocycles. The summed E-state index contributed by atoms with van der Waals surface area (Å²) < 4.78 is 2.86. The van der Waals surface area contributed by atoms with Gasteiger partial charge in [0.15, 0.2) is 6.29 Å². The fourth-order valence-corrected chi connectivity index (χ4v) is 1.99. The maximum absolute atomic E-state index is 10.9. The van der Waals surface area contributed by atoms with Crippen molar-refractivity contribution in [3.8, 4) is 0 Å². The summed E-state index contributed by atoms with van der Waals surface area (Å²) in [7, 11) is 0. The largest absolute Gasteiger partial charge is 0.344 e. The van der Waals surface area contributed by atoms with E-state index in [1.54, 1.807) is 6.20 Å². The molecule has 0 aliphatic heterocycles. The predicted octanol–water partition coefficient (Wildman–Crippen LogP) is 3.19. The van der Waals surface area contributed by atoms with Crippen molar-refractivity contribution in [1.29, 1.82) is 0 Å². The van der Waals surface area contributed by atoms with Crippen LogP contribution in [0.4, 0.5) is 0 Å². The zero-order chi connectivity index (χ0) is 11.0. The van der Waals surface area contributed by atoms with Gasteiger partial charge in [0.1, 0.15) is 4.60 Å². The second kappa shape index (κ2) is 3.77. The average molecular weight is 267 g/mol. The molecule has 4 heteroatoms. The first-order chi connectivity index (χ1) is 7.13. The monoisotopic (exact) mass is 266 g/mol. The first-order valence-electron chi connectivity index (χ1n) is 4.74. The summed E-state index contributed by atoms with van der Waals surface area (Å²) in [6, 6.07) is 2.26. The van der Waals surface area contributed by atoms with E-state index in [1.165, 1.54) is 0 Å². The van der Waals surface area contributed by atoms with Crippen LogP contribution >= 0.6 is 15.9 Å². The molecule has 2 aromatic heterocycles. The maximum atomic E-state index is 10.9. The number of halogens is 1. The lowest BCUT2D eigenvalue weighted by Crippen LogP contribution is -1.98. The average Bonchev–Trinajstić information content (AvgIpc) is 2.55. The van der Waals surface area contributed by atoms with Crippen LogP contribution in [0.1, 0.15) is 30.2 Å². The Kier molecular flexibility index (Phi) is 2.61. The third-order valence-corrected chi connectivity index (χ3v) is 2.83. The first-order valence-corrected chi connectivity index (χ1v) is 5.54. The fraction of sp³-hybridized carbons (Fsp3) is 0.273. The van der Waals surface area contributed by atoms with Crippen molar-refractivity contribution < 1.29 is 4.79 Å². The Hall–Kier alpha value is -1.16. The van der Waals surface area contributed by atoms with Gasteiger partial charge in [0.25, 0.3) is 0 Å². The highest BCUT2D eigenvalue weighted by molar-refractivity contribution is 9.10. The summed E-state index contributed by atoms with van der Waals surface area (Å²) in [6.45, 7) is 4.17. The highest BCUT2D eigenvalue weighted by atomic mass is 79.9. The number of aromatic nitrogens is 2. The lowest BCUT2D eigenvalue weighted by atomic mass is 10.2. The van der Waals surface area contributed by atoms with Crippen molar-refractivity contribution in [2.24, 2.45) is 0 Å². The van der Waals surface area contributed by atoms with E-state index in [4.69, 9.17) is 0 Å². The number of fused-ring (bicyclic) bond motifs is 1. The zero-order valence-electron chi connectivity index (χ0n) is 8.57. The molecule has 2 aromatic rings. The molecule has 0 N–H and O–H groups in total. The van der Waals surface area contributed by atoms with E-state index >= 15 is 0 Å². The van der Waals surface area contributed by atoms with Gasteiger partial charge >= 0.3 is 0 Å². The summed E-state index contributed by atoms with van der Waals surface area (Å²) in [5, 5.41) is 0.905. The number of pyridine rings is 1. The lowest BCUT2D eigenvalue weighted by molar-refractivity contribution is 0.112. The standard InChI is InChI=1S/C11H11BrN2O/c1-7(2)14-5-8(6-15)9-4-13-11(12)3-10(9)14/h3-7H,1-2H3. The first kappa shape index (κ1) is 10.4. The molecule has 15 heavy (non-hydrogen) atoms. The van der Waals surface area contributed by atoms with E-state index in [-0.39, 0.29) is 0 Å². The van der Waals surface area contributed by atoms with Crippen molar-refractivity contribution in [2.45, 2.75) is 19.9 Å². The predicted molar refractivity (Wildman–Crippen MR) is 63.2 cm³/mol. The zero-order valence-corrected chi connectivity index (χ0v) is 10.2. The van der Waals surface area contributed by atoms with Crippen LogP contribution in [-0.2, 0) is 0 Å². The molecule has 0 radical (unpaired) electrons. The van der Waals surface area contributed by atoms with Gasteiger partial charge in [0, 0.05) is 29.4 Å². The number of aldehydes is 1. The highest BCUT2D eigenvalue weighted by Crippen LogP contribution is 2.25. The number of hydrogen-bond donors (Lipinski definition) is 0. The summed E-state index contributed by atoms with van der Waals surface area (Å²) >= 11 is 3.33. The molecular formula is C11H11BrN2O. The van der Waals surface area contributed by atoms with Crippen LogP contribution < -0.4 is 0 Å². The van der Waals surface area contributed by atoms with Crippen LogP contribution in [0.25, 0.3) is 10.9 Å². The third-order valence-electron chi connectivity index (χ3n) is 2.40. The Balaban J connectivity index is 2.81. The van der Waals surface area contributed by atoms with Crippen LogP contribution in [0.2, 0.25) is 0 Å². The third kappa shape index (κ3) is 1.69. The minimum Gasteiger partial charge on any atom is -0.344 e. The Morgan fingerprint density at radius 3 is 2.87 bits per heavy atom. The van der Waals surface area contributed by atoms with Crippen molar-refractivity contribution in [3.63, 3.8) is 0 Å². The molecule has 0 bridgehead atoms. The molecule has 78 valence electrons. The Morgan fingerprint density at radius 1 is 1.53 bits per heavy atom. The van der Waals surface area contributed by atoms with Crippen LogP contribution in [0.5, 0.6) is 0 Å². The van der Waals surface area contributed by atoms with Gasteiger partial charge in [-0.2, -0.15) is 0 Å². The summed E-state index contributed by atoms with van der Waals surface area (Å²) in [5.74, 6) is 0. The van der Waals surface area contributed by atoms with E-state index in [2.05, 4.69) is 39.3 Å². The Bertz CT molecular complexity index is 517. The molecule has 0 atom stereocenters. The van der Waals surface area contributed by atoms with Gasteiger partial charge in [-0.05, 0) is 35.8 Å². The molecule has 0 spiro atoms. The molecule has 0 fully saturated rings. The van der Waals surface area contributed by atoms with Gasteiger partial charge in [-0.3, -0.25) is 4.79 Å². The number of carbonyl (C=O) groups is 1. The van der Waals surface area contributed by atoms with Crippen LogP contribution in [0.3, 0.4) is 0 Å². The number of nitrogens with zero attached hydrogens (tertiary/aromatic N) is 2. The Labute approximate surface area is 96.2 Å². The molecule has 0 aliphatic rings. The summed E-state index contributed by atoms with van der Waals surface area (Å²) in [4.78, 5) is 15.0. The summed E-state index contributed by atoms with van der Waals surface area (Å²) in [6.07, 6.45) is 4.47. The highest BCUT2D eigenvalue weighted by Gasteiger charge is 2.10.